The molecule has 138 valence electrons. The van der Waals surface area contributed by atoms with Gasteiger partial charge >= 0.3 is 0 Å². The van der Waals surface area contributed by atoms with Crippen LogP contribution in [0.4, 0.5) is 5.69 Å². The van der Waals surface area contributed by atoms with Gasteiger partial charge in [-0.2, -0.15) is 0 Å². The predicted molar refractivity (Wildman–Crippen MR) is 103 cm³/mol. The molecule has 0 atom stereocenters. The van der Waals surface area contributed by atoms with Crippen molar-refractivity contribution in [2.75, 3.05) is 4.72 Å². The molecule has 26 heavy (non-hydrogen) atoms. The summed E-state index contributed by atoms with van der Waals surface area (Å²) in [6.45, 7) is 0. The maximum atomic E-state index is 12.7. The zero-order valence-electron chi connectivity index (χ0n) is 14.2. The van der Waals surface area contributed by atoms with E-state index in [0.717, 1.165) is 25.7 Å². The molecule has 2 aromatic rings. The van der Waals surface area contributed by atoms with E-state index < -0.39 is 10.0 Å². The first kappa shape index (κ1) is 18.7. The second-order valence-corrected chi connectivity index (χ2v) is 8.54. The van der Waals surface area contributed by atoms with Crippen LogP contribution in [0.3, 0.4) is 0 Å². The number of carbonyl (C=O) groups excluding carboxylic acids is 1. The molecule has 1 aliphatic carbocycles. The van der Waals surface area contributed by atoms with Crippen molar-refractivity contribution in [1.82, 2.24) is 5.32 Å². The quantitative estimate of drug-likeness (QED) is 0.800. The SMILES string of the molecule is O=C(NC1CCCCC1)c1cc(Cl)ccc1NS(=O)(=O)c1ccccc1. The summed E-state index contributed by atoms with van der Waals surface area (Å²) in [6, 6.07) is 12.7. The van der Waals surface area contributed by atoms with E-state index in [1.54, 1.807) is 24.3 Å². The van der Waals surface area contributed by atoms with Crippen molar-refractivity contribution in [2.45, 2.75) is 43.0 Å². The fourth-order valence-electron chi connectivity index (χ4n) is 3.11. The van der Waals surface area contributed by atoms with E-state index in [1.807, 2.05) is 0 Å². The molecule has 0 unspecified atom stereocenters. The molecule has 0 saturated heterocycles. The highest BCUT2D eigenvalue weighted by Crippen LogP contribution is 2.25. The monoisotopic (exact) mass is 392 g/mol. The summed E-state index contributed by atoms with van der Waals surface area (Å²) < 4.78 is 27.7. The predicted octanol–water partition coefficient (Wildman–Crippen LogP) is 4.20. The van der Waals surface area contributed by atoms with Crippen LogP contribution in [-0.4, -0.2) is 20.4 Å². The van der Waals surface area contributed by atoms with Crippen molar-refractivity contribution >= 4 is 33.2 Å². The van der Waals surface area contributed by atoms with E-state index in [0.29, 0.717) is 5.02 Å². The molecule has 0 bridgehead atoms. The van der Waals surface area contributed by atoms with Gasteiger partial charge < -0.3 is 5.32 Å². The number of benzene rings is 2. The molecule has 3 rings (SSSR count). The van der Waals surface area contributed by atoms with Gasteiger partial charge in [0.25, 0.3) is 15.9 Å². The molecular formula is C19H21ClN2O3S. The second kappa shape index (κ2) is 8.10. The maximum absolute atomic E-state index is 12.7. The first-order valence-electron chi connectivity index (χ1n) is 8.64. The lowest BCUT2D eigenvalue weighted by molar-refractivity contribution is 0.0928. The third kappa shape index (κ3) is 4.56. The molecule has 2 aromatic carbocycles. The smallest absolute Gasteiger partial charge is 0.261 e. The summed E-state index contributed by atoms with van der Waals surface area (Å²) in [5.41, 5.74) is 0.439. The Kier molecular flexibility index (Phi) is 5.84. The molecular weight excluding hydrogens is 372 g/mol. The molecule has 0 radical (unpaired) electrons. The highest BCUT2D eigenvalue weighted by atomic mass is 35.5. The van der Waals surface area contributed by atoms with Gasteiger partial charge in [-0.25, -0.2) is 8.42 Å². The highest BCUT2D eigenvalue weighted by molar-refractivity contribution is 7.92. The van der Waals surface area contributed by atoms with Crippen LogP contribution in [0.5, 0.6) is 0 Å². The summed E-state index contributed by atoms with van der Waals surface area (Å²) in [6.07, 6.45) is 5.25. The van der Waals surface area contributed by atoms with Gasteiger partial charge in [0.2, 0.25) is 0 Å². The zero-order valence-corrected chi connectivity index (χ0v) is 15.8. The number of rotatable bonds is 5. The van der Waals surface area contributed by atoms with Gasteiger partial charge in [-0.3, -0.25) is 9.52 Å². The highest BCUT2D eigenvalue weighted by Gasteiger charge is 2.22. The number of hydrogen-bond donors (Lipinski definition) is 2. The fourth-order valence-corrected chi connectivity index (χ4v) is 4.38. The normalized spacial score (nSPS) is 15.4. The van der Waals surface area contributed by atoms with Crippen molar-refractivity contribution in [2.24, 2.45) is 0 Å². The van der Waals surface area contributed by atoms with Crippen molar-refractivity contribution in [3.05, 3.63) is 59.1 Å². The Morgan fingerprint density at radius 2 is 1.69 bits per heavy atom. The van der Waals surface area contributed by atoms with Crippen LogP contribution in [-0.2, 0) is 10.0 Å². The average Bonchev–Trinajstić information content (AvgIpc) is 2.64. The Balaban J connectivity index is 1.85. The van der Waals surface area contributed by atoms with Gasteiger partial charge in [0, 0.05) is 11.1 Å². The minimum atomic E-state index is -3.79. The van der Waals surface area contributed by atoms with Crippen LogP contribution in [0.2, 0.25) is 5.02 Å². The lowest BCUT2D eigenvalue weighted by atomic mass is 9.95. The molecule has 0 heterocycles. The average molecular weight is 393 g/mol. The van der Waals surface area contributed by atoms with Crippen LogP contribution < -0.4 is 10.0 Å². The van der Waals surface area contributed by atoms with Crippen LogP contribution in [0.1, 0.15) is 42.5 Å². The number of hydrogen-bond acceptors (Lipinski definition) is 3. The Morgan fingerprint density at radius 1 is 1.00 bits per heavy atom. The number of halogens is 1. The van der Waals surface area contributed by atoms with Gasteiger partial charge in [-0.1, -0.05) is 49.1 Å². The molecule has 5 nitrogen and oxygen atoms in total. The Morgan fingerprint density at radius 3 is 2.38 bits per heavy atom. The summed E-state index contributed by atoms with van der Waals surface area (Å²) in [5, 5.41) is 3.37. The van der Waals surface area contributed by atoms with Crippen LogP contribution in [0, 0.1) is 0 Å². The molecule has 0 spiro atoms. The third-order valence-electron chi connectivity index (χ3n) is 4.46. The first-order valence-corrected chi connectivity index (χ1v) is 10.5. The third-order valence-corrected chi connectivity index (χ3v) is 6.08. The lowest BCUT2D eigenvalue weighted by Gasteiger charge is -2.23. The van der Waals surface area contributed by atoms with E-state index in [2.05, 4.69) is 10.0 Å². The van der Waals surface area contributed by atoms with Gasteiger partial charge in [0.1, 0.15) is 0 Å². The van der Waals surface area contributed by atoms with E-state index in [1.165, 1.54) is 30.7 Å². The number of nitrogens with one attached hydrogen (secondary N) is 2. The van der Waals surface area contributed by atoms with Gasteiger partial charge in [0.15, 0.2) is 0 Å². The first-order chi connectivity index (χ1) is 12.5. The molecule has 2 N–H and O–H groups in total. The number of sulfonamides is 1. The molecule has 0 aliphatic heterocycles. The van der Waals surface area contributed by atoms with Gasteiger partial charge in [0.05, 0.1) is 16.1 Å². The minimum absolute atomic E-state index is 0.119. The van der Waals surface area contributed by atoms with Crippen LogP contribution in [0.25, 0.3) is 0 Å². The summed E-state index contributed by atoms with van der Waals surface area (Å²) in [5.74, 6) is -0.315. The second-order valence-electron chi connectivity index (χ2n) is 6.42. The summed E-state index contributed by atoms with van der Waals surface area (Å²) in [4.78, 5) is 12.8. The van der Waals surface area contributed by atoms with Crippen molar-refractivity contribution in [1.29, 1.82) is 0 Å². The molecule has 1 saturated carbocycles. The number of anilines is 1. The Bertz CT molecular complexity index is 879. The lowest BCUT2D eigenvalue weighted by Crippen LogP contribution is -2.36. The van der Waals surface area contributed by atoms with E-state index in [9.17, 15) is 13.2 Å². The largest absolute Gasteiger partial charge is 0.349 e. The van der Waals surface area contributed by atoms with E-state index >= 15 is 0 Å². The number of amides is 1. The van der Waals surface area contributed by atoms with Crippen molar-refractivity contribution in [3.8, 4) is 0 Å². The molecule has 7 heteroatoms. The van der Waals surface area contributed by atoms with Crippen LogP contribution >= 0.6 is 11.6 Å². The molecule has 1 fully saturated rings. The Hall–Kier alpha value is -2.05. The summed E-state index contributed by atoms with van der Waals surface area (Å²) in [7, 11) is -3.79. The molecule has 1 aliphatic rings. The van der Waals surface area contributed by atoms with E-state index in [-0.39, 0.29) is 28.1 Å². The molecule has 1 amide bonds. The number of carbonyl (C=O) groups is 1. The topological polar surface area (TPSA) is 75.3 Å². The Labute approximate surface area is 158 Å². The van der Waals surface area contributed by atoms with Gasteiger partial charge in [-0.15, -0.1) is 0 Å². The van der Waals surface area contributed by atoms with Crippen molar-refractivity contribution < 1.29 is 13.2 Å². The molecule has 0 aromatic heterocycles. The zero-order chi connectivity index (χ0) is 18.6. The van der Waals surface area contributed by atoms with Crippen molar-refractivity contribution in [3.63, 3.8) is 0 Å². The van der Waals surface area contributed by atoms with Crippen LogP contribution in [0.15, 0.2) is 53.4 Å². The maximum Gasteiger partial charge on any atom is 0.261 e. The summed E-state index contributed by atoms with van der Waals surface area (Å²) >= 11 is 6.03. The van der Waals surface area contributed by atoms with E-state index in [4.69, 9.17) is 11.6 Å². The van der Waals surface area contributed by atoms with Gasteiger partial charge in [-0.05, 0) is 43.2 Å². The fraction of sp³-hybridized carbons (Fsp3) is 0.316. The minimum Gasteiger partial charge on any atom is -0.349 e. The standard InChI is InChI=1S/C19H21ClN2O3S/c20-14-11-12-18(22-26(24,25)16-9-5-2-6-10-16)17(13-14)19(23)21-15-7-3-1-4-8-15/h2,5-6,9-13,15,22H,1,3-4,7-8H2,(H,21,23).